The van der Waals surface area contributed by atoms with Crippen LogP contribution in [0, 0.1) is 0 Å². The fourth-order valence-corrected chi connectivity index (χ4v) is 1.44. The van der Waals surface area contributed by atoms with Gasteiger partial charge in [0, 0.05) is 11.8 Å². The van der Waals surface area contributed by atoms with Crippen LogP contribution >= 0.6 is 0 Å². The van der Waals surface area contributed by atoms with Crippen LogP contribution in [0.15, 0.2) is 42.6 Å². The average Bonchev–Trinajstić information content (AvgIpc) is 2.40. The molecule has 17 heavy (non-hydrogen) atoms. The van der Waals surface area contributed by atoms with Crippen LogP contribution < -0.4 is 9.47 Å². The monoisotopic (exact) mass is 231 g/mol. The van der Waals surface area contributed by atoms with Crippen molar-refractivity contribution in [3.63, 3.8) is 0 Å². The van der Waals surface area contributed by atoms with Gasteiger partial charge in [0.2, 0.25) is 5.88 Å². The number of aromatic nitrogens is 1. The first-order valence-corrected chi connectivity index (χ1v) is 5.20. The lowest BCUT2D eigenvalue weighted by Gasteiger charge is -2.10. The lowest BCUT2D eigenvalue weighted by atomic mass is 10.3. The lowest BCUT2D eigenvalue weighted by Crippen LogP contribution is -1.96. The standard InChI is InChI=1S/C13H13NO3/c1-16-11-6-2-3-7-12(11)17-13-10(9-15)5-4-8-14-13/h2-8,15H,9H2,1H3. The number of rotatable bonds is 4. The van der Waals surface area contributed by atoms with E-state index in [0.29, 0.717) is 22.9 Å². The molecule has 0 spiro atoms. The predicted molar refractivity (Wildman–Crippen MR) is 63.2 cm³/mol. The van der Waals surface area contributed by atoms with Crippen molar-refractivity contribution in [1.82, 2.24) is 4.98 Å². The molecule has 0 saturated heterocycles. The second-order valence-electron chi connectivity index (χ2n) is 3.38. The van der Waals surface area contributed by atoms with E-state index in [4.69, 9.17) is 9.47 Å². The number of aliphatic hydroxyl groups is 1. The normalized spacial score (nSPS) is 10.0. The van der Waals surface area contributed by atoms with Gasteiger partial charge in [0.05, 0.1) is 13.7 Å². The van der Waals surface area contributed by atoms with Crippen molar-refractivity contribution in [3.05, 3.63) is 48.2 Å². The molecule has 0 aliphatic rings. The summed E-state index contributed by atoms with van der Waals surface area (Å²) in [6, 6.07) is 10.8. The predicted octanol–water partition coefficient (Wildman–Crippen LogP) is 2.37. The second kappa shape index (κ2) is 5.32. The van der Waals surface area contributed by atoms with Gasteiger partial charge in [0.15, 0.2) is 11.5 Å². The Morgan fingerprint density at radius 1 is 1.12 bits per heavy atom. The number of aliphatic hydroxyl groups excluding tert-OH is 1. The zero-order valence-electron chi connectivity index (χ0n) is 9.46. The van der Waals surface area contributed by atoms with E-state index in [-0.39, 0.29) is 6.61 Å². The number of pyridine rings is 1. The number of hydrogen-bond acceptors (Lipinski definition) is 4. The summed E-state index contributed by atoms with van der Waals surface area (Å²) >= 11 is 0. The van der Waals surface area contributed by atoms with Gasteiger partial charge in [-0.25, -0.2) is 4.98 Å². The van der Waals surface area contributed by atoms with Gasteiger partial charge in [-0.2, -0.15) is 0 Å². The third-order valence-electron chi connectivity index (χ3n) is 2.30. The van der Waals surface area contributed by atoms with Gasteiger partial charge >= 0.3 is 0 Å². The quantitative estimate of drug-likeness (QED) is 0.877. The van der Waals surface area contributed by atoms with Crippen LogP contribution in [-0.4, -0.2) is 17.2 Å². The summed E-state index contributed by atoms with van der Waals surface area (Å²) in [5, 5.41) is 9.17. The number of benzene rings is 1. The Balaban J connectivity index is 2.31. The molecule has 2 aromatic rings. The van der Waals surface area contributed by atoms with E-state index in [1.54, 1.807) is 37.6 Å². The van der Waals surface area contributed by atoms with Crippen molar-refractivity contribution in [2.24, 2.45) is 0 Å². The Morgan fingerprint density at radius 2 is 1.88 bits per heavy atom. The molecule has 0 fully saturated rings. The van der Waals surface area contributed by atoms with E-state index in [1.807, 2.05) is 12.1 Å². The zero-order chi connectivity index (χ0) is 12.1. The third kappa shape index (κ3) is 2.54. The van der Waals surface area contributed by atoms with E-state index in [2.05, 4.69) is 4.98 Å². The molecule has 0 aliphatic heterocycles. The first-order valence-electron chi connectivity index (χ1n) is 5.20. The van der Waals surface area contributed by atoms with Crippen molar-refractivity contribution in [1.29, 1.82) is 0 Å². The highest BCUT2D eigenvalue weighted by atomic mass is 16.5. The minimum absolute atomic E-state index is 0.113. The molecule has 0 bridgehead atoms. The SMILES string of the molecule is COc1ccccc1Oc1ncccc1CO. The van der Waals surface area contributed by atoms with E-state index in [0.717, 1.165) is 0 Å². The minimum Gasteiger partial charge on any atom is -0.493 e. The van der Waals surface area contributed by atoms with Crippen LogP contribution in [0.3, 0.4) is 0 Å². The molecule has 4 nitrogen and oxygen atoms in total. The molecule has 0 atom stereocenters. The molecule has 0 radical (unpaired) electrons. The molecule has 0 unspecified atom stereocenters. The summed E-state index contributed by atoms with van der Waals surface area (Å²) in [4.78, 5) is 4.08. The van der Waals surface area contributed by atoms with Gasteiger partial charge in [0.1, 0.15) is 0 Å². The number of methoxy groups -OCH3 is 1. The molecule has 2 rings (SSSR count). The molecule has 0 saturated carbocycles. The van der Waals surface area contributed by atoms with Gasteiger partial charge in [-0.05, 0) is 24.3 Å². The van der Waals surface area contributed by atoms with Crippen LogP contribution in [0.25, 0.3) is 0 Å². The molecule has 1 aromatic carbocycles. The second-order valence-corrected chi connectivity index (χ2v) is 3.38. The van der Waals surface area contributed by atoms with Gasteiger partial charge < -0.3 is 14.6 Å². The Morgan fingerprint density at radius 3 is 2.59 bits per heavy atom. The number of hydrogen-bond donors (Lipinski definition) is 1. The van der Waals surface area contributed by atoms with Crippen LogP contribution in [-0.2, 0) is 6.61 Å². The van der Waals surface area contributed by atoms with E-state index >= 15 is 0 Å². The third-order valence-corrected chi connectivity index (χ3v) is 2.30. The molecular formula is C13H13NO3. The topological polar surface area (TPSA) is 51.6 Å². The first-order chi connectivity index (χ1) is 8.35. The summed E-state index contributed by atoms with van der Waals surface area (Å²) in [6.07, 6.45) is 1.61. The summed E-state index contributed by atoms with van der Waals surface area (Å²) in [7, 11) is 1.58. The first kappa shape index (κ1) is 11.4. The summed E-state index contributed by atoms with van der Waals surface area (Å²) in [5.41, 5.74) is 0.637. The largest absolute Gasteiger partial charge is 0.493 e. The number of para-hydroxylation sites is 2. The van der Waals surface area contributed by atoms with Gasteiger partial charge in [-0.1, -0.05) is 12.1 Å². The fourth-order valence-electron chi connectivity index (χ4n) is 1.44. The highest BCUT2D eigenvalue weighted by molar-refractivity contribution is 5.42. The van der Waals surface area contributed by atoms with Crippen molar-refractivity contribution in [2.75, 3.05) is 7.11 Å². The van der Waals surface area contributed by atoms with Gasteiger partial charge in [-0.3, -0.25) is 0 Å². The Kier molecular flexibility index (Phi) is 3.57. The highest BCUT2D eigenvalue weighted by Crippen LogP contribution is 2.31. The Labute approximate surface area is 99.5 Å². The van der Waals surface area contributed by atoms with E-state index in [9.17, 15) is 5.11 Å². The van der Waals surface area contributed by atoms with Crippen LogP contribution in [0.2, 0.25) is 0 Å². The molecule has 0 amide bonds. The molecule has 4 heteroatoms. The van der Waals surface area contributed by atoms with Crippen molar-refractivity contribution >= 4 is 0 Å². The zero-order valence-corrected chi connectivity index (χ0v) is 9.46. The Bertz CT molecular complexity index is 454. The van der Waals surface area contributed by atoms with E-state index in [1.165, 1.54) is 0 Å². The molecule has 1 heterocycles. The highest BCUT2D eigenvalue weighted by Gasteiger charge is 2.08. The maximum atomic E-state index is 9.17. The molecular weight excluding hydrogens is 218 g/mol. The molecule has 1 N–H and O–H groups in total. The molecule has 88 valence electrons. The van der Waals surface area contributed by atoms with Crippen LogP contribution in [0.5, 0.6) is 17.4 Å². The Hall–Kier alpha value is -2.07. The van der Waals surface area contributed by atoms with Gasteiger partial charge in [-0.15, -0.1) is 0 Å². The maximum absolute atomic E-state index is 9.17. The fraction of sp³-hybridized carbons (Fsp3) is 0.154. The number of nitrogens with zero attached hydrogens (tertiary/aromatic N) is 1. The summed E-state index contributed by atoms with van der Waals surface area (Å²) in [6.45, 7) is -0.113. The summed E-state index contributed by atoms with van der Waals surface area (Å²) < 4.78 is 10.8. The minimum atomic E-state index is -0.113. The smallest absolute Gasteiger partial charge is 0.224 e. The maximum Gasteiger partial charge on any atom is 0.224 e. The lowest BCUT2D eigenvalue weighted by molar-refractivity contribution is 0.274. The van der Waals surface area contributed by atoms with Crippen molar-refractivity contribution < 1.29 is 14.6 Å². The summed E-state index contributed by atoms with van der Waals surface area (Å²) in [5.74, 6) is 1.59. The molecule has 1 aromatic heterocycles. The van der Waals surface area contributed by atoms with Crippen molar-refractivity contribution in [3.8, 4) is 17.4 Å². The average molecular weight is 231 g/mol. The van der Waals surface area contributed by atoms with Crippen LogP contribution in [0.1, 0.15) is 5.56 Å². The van der Waals surface area contributed by atoms with Crippen molar-refractivity contribution in [2.45, 2.75) is 6.61 Å². The van der Waals surface area contributed by atoms with Crippen LogP contribution in [0.4, 0.5) is 0 Å². The van der Waals surface area contributed by atoms with E-state index < -0.39 is 0 Å². The number of ether oxygens (including phenoxy) is 2. The van der Waals surface area contributed by atoms with Gasteiger partial charge in [0.25, 0.3) is 0 Å². The molecule has 0 aliphatic carbocycles.